The molecule has 1 atom stereocenters. The van der Waals surface area contributed by atoms with E-state index in [1.807, 2.05) is 24.3 Å². The molecule has 17 heavy (non-hydrogen) atoms. The molecule has 1 aromatic carbocycles. The number of rotatable bonds is 5. The molecule has 2 heteroatoms. The molecule has 0 amide bonds. The fraction of sp³-hybridized carbons (Fsp3) is 0.400. The summed E-state index contributed by atoms with van der Waals surface area (Å²) in [7, 11) is 0. The summed E-state index contributed by atoms with van der Waals surface area (Å²) >= 11 is 0. The molecule has 0 N–H and O–H groups in total. The molecule has 0 bridgehead atoms. The average Bonchev–Trinajstić information content (AvgIpc) is 2.40. The van der Waals surface area contributed by atoms with E-state index in [4.69, 9.17) is 4.74 Å². The van der Waals surface area contributed by atoms with Crippen molar-refractivity contribution in [1.82, 2.24) is 0 Å². The summed E-state index contributed by atoms with van der Waals surface area (Å²) in [6.07, 6.45) is 9.83. The summed E-state index contributed by atoms with van der Waals surface area (Å²) in [5.41, 5.74) is 1.84. The monoisotopic (exact) mass is 230 g/mol. The Hall–Kier alpha value is -1.41. The maximum atomic E-state index is 10.8. The fourth-order valence-electron chi connectivity index (χ4n) is 2.12. The van der Waals surface area contributed by atoms with E-state index < -0.39 is 0 Å². The molecule has 1 aromatic rings. The third-order valence-corrected chi connectivity index (χ3v) is 3.10. The molecule has 1 unspecified atom stereocenters. The Morgan fingerprint density at radius 3 is 3.00 bits per heavy atom. The molecule has 0 radical (unpaired) electrons. The third kappa shape index (κ3) is 3.53. The van der Waals surface area contributed by atoms with Gasteiger partial charge in [0.2, 0.25) is 0 Å². The number of carbonyl (C=O) groups excluding carboxylic acids is 1. The van der Waals surface area contributed by atoms with Crippen molar-refractivity contribution in [3.8, 4) is 0 Å². The summed E-state index contributed by atoms with van der Waals surface area (Å²) in [5.74, 6) is 0. The topological polar surface area (TPSA) is 26.3 Å². The first-order valence-electron chi connectivity index (χ1n) is 6.21. The summed E-state index contributed by atoms with van der Waals surface area (Å²) in [6, 6.07) is 7.69. The number of carbonyl (C=O) groups is 1. The zero-order valence-electron chi connectivity index (χ0n) is 9.97. The van der Waals surface area contributed by atoms with E-state index >= 15 is 0 Å². The summed E-state index contributed by atoms with van der Waals surface area (Å²) in [6.45, 7) is 0.680. The van der Waals surface area contributed by atoms with Crippen LogP contribution in [0.25, 0.3) is 0 Å². The third-order valence-electron chi connectivity index (χ3n) is 3.10. The normalized spacial score (nSPS) is 19.2. The molecule has 2 rings (SSSR count). The van der Waals surface area contributed by atoms with Gasteiger partial charge in [-0.05, 0) is 31.2 Å². The van der Waals surface area contributed by atoms with Gasteiger partial charge in [0, 0.05) is 5.56 Å². The molecule has 0 heterocycles. The van der Waals surface area contributed by atoms with Gasteiger partial charge >= 0.3 is 0 Å². The standard InChI is InChI=1S/C15H18O2/c16-12-14-7-5-4-6-13(14)10-11-17-15-8-2-1-3-9-15/h2,4-8,12,15H,1,3,9-11H2. The van der Waals surface area contributed by atoms with Gasteiger partial charge in [0.25, 0.3) is 0 Å². The second kappa shape index (κ2) is 6.36. The van der Waals surface area contributed by atoms with E-state index in [1.54, 1.807) is 0 Å². The lowest BCUT2D eigenvalue weighted by Crippen LogP contribution is -2.14. The zero-order valence-corrected chi connectivity index (χ0v) is 9.97. The van der Waals surface area contributed by atoms with Gasteiger partial charge in [-0.1, -0.05) is 36.4 Å². The van der Waals surface area contributed by atoms with Gasteiger partial charge < -0.3 is 4.74 Å². The molecule has 90 valence electrons. The van der Waals surface area contributed by atoms with Crippen molar-refractivity contribution >= 4 is 6.29 Å². The van der Waals surface area contributed by atoms with Gasteiger partial charge in [-0.2, -0.15) is 0 Å². The van der Waals surface area contributed by atoms with Crippen LogP contribution in [0.4, 0.5) is 0 Å². The van der Waals surface area contributed by atoms with E-state index in [-0.39, 0.29) is 6.10 Å². The highest BCUT2D eigenvalue weighted by Crippen LogP contribution is 2.14. The second-order valence-electron chi connectivity index (χ2n) is 4.33. The van der Waals surface area contributed by atoms with Crippen molar-refractivity contribution in [2.75, 3.05) is 6.61 Å². The van der Waals surface area contributed by atoms with Crippen LogP contribution in [0, 0.1) is 0 Å². The Labute approximate surface area is 102 Å². The van der Waals surface area contributed by atoms with Crippen molar-refractivity contribution < 1.29 is 9.53 Å². The maximum absolute atomic E-state index is 10.8. The molecule has 0 aliphatic heterocycles. The summed E-state index contributed by atoms with van der Waals surface area (Å²) in [4.78, 5) is 10.8. The minimum atomic E-state index is 0.271. The van der Waals surface area contributed by atoms with Gasteiger partial charge in [-0.3, -0.25) is 4.79 Å². The van der Waals surface area contributed by atoms with Crippen LogP contribution in [0.2, 0.25) is 0 Å². The Morgan fingerprint density at radius 2 is 2.24 bits per heavy atom. The minimum Gasteiger partial charge on any atom is -0.374 e. The van der Waals surface area contributed by atoms with Gasteiger partial charge in [-0.25, -0.2) is 0 Å². The van der Waals surface area contributed by atoms with Crippen molar-refractivity contribution in [2.45, 2.75) is 31.8 Å². The van der Waals surface area contributed by atoms with Crippen LogP contribution < -0.4 is 0 Å². The molecule has 1 aliphatic carbocycles. The van der Waals surface area contributed by atoms with Crippen LogP contribution in [-0.4, -0.2) is 19.0 Å². The van der Waals surface area contributed by atoms with E-state index in [1.165, 1.54) is 12.8 Å². The van der Waals surface area contributed by atoms with Crippen LogP contribution in [0.15, 0.2) is 36.4 Å². The van der Waals surface area contributed by atoms with E-state index in [0.717, 1.165) is 30.3 Å². The first kappa shape index (κ1) is 12.1. The Bertz CT molecular complexity index is 396. The lowest BCUT2D eigenvalue weighted by Gasteiger charge is -2.17. The quantitative estimate of drug-likeness (QED) is 0.573. The number of benzene rings is 1. The summed E-state index contributed by atoms with van der Waals surface area (Å²) in [5, 5.41) is 0. The van der Waals surface area contributed by atoms with Crippen molar-refractivity contribution in [1.29, 1.82) is 0 Å². The molecule has 0 aromatic heterocycles. The lowest BCUT2D eigenvalue weighted by atomic mass is 10.0. The Kier molecular flexibility index (Phi) is 4.51. The van der Waals surface area contributed by atoms with Crippen LogP contribution in [-0.2, 0) is 11.2 Å². The van der Waals surface area contributed by atoms with Gasteiger partial charge in [0.1, 0.15) is 6.29 Å². The van der Waals surface area contributed by atoms with Crippen LogP contribution in [0.5, 0.6) is 0 Å². The number of ether oxygens (including phenoxy) is 1. The second-order valence-corrected chi connectivity index (χ2v) is 4.33. The number of hydrogen-bond donors (Lipinski definition) is 0. The summed E-state index contributed by atoms with van der Waals surface area (Å²) < 4.78 is 5.78. The first-order valence-corrected chi connectivity index (χ1v) is 6.21. The van der Waals surface area contributed by atoms with Crippen molar-refractivity contribution in [3.05, 3.63) is 47.5 Å². The number of hydrogen-bond acceptors (Lipinski definition) is 2. The lowest BCUT2D eigenvalue weighted by molar-refractivity contribution is 0.0776. The minimum absolute atomic E-state index is 0.271. The molecule has 0 spiro atoms. The SMILES string of the molecule is O=Cc1ccccc1CCOC1C=CCCC1. The fourth-order valence-corrected chi connectivity index (χ4v) is 2.12. The van der Waals surface area contributed by atoms with E-state index in [0.29, 0.717) is 6.61 Å². The Morgan fingerprint density at radius 1 is 1.35 bits per heavy atom. The first-order chi connectivity index (χ1) is 8.40. The predicted octanol–water partition coefficient (Wildman–Crippen LogP) is 3.17. The van der Waals surface area contributed by atoms with Crippen molar-refractivity contribution in [2.24, 2.45) is 0 Å². The highest BCUT2D eigenvalue weighted by atomic mass is 16.5. The van der Waals surface area contributed by atoms with Crippen LogP contribution in [0.1, 0.15) is 35.2 Å². The van der Waals surface area contributed by atoms with Crippen LogP contribution >= 0.6 is 0 Å². The molecule has 0 saturated carbocycles. The highest BCUT2D eigenvalue weighted by molar-refractivity contribution is 5.77. The Balaban J connectivity index is 1.83. The largest absolute Gasteiger partial charge is 0.374 e. The molecular formula is C15H18O2. The molecule has 1 aliphatic rings. The smallest absolute Gasteiger partial charge is 0.150 e. The highest BCUT2D eigenvalue weighted by Gasteiger charge is 2.08. The van der Waals surface area contributed by atoms with Gasteiger partial charge in [0.15, 0.2) is 0 Å². The van der Waals surface area contributed by atoms with Gasteiger partial charge in [-0.15, -0.1) is 0 Å². The van der Waals surface area contributed by atoms with Crippen LogP contribution in [0.3, 0.4) is 0 Å². The average molecular weight is 230 g/mol. The van der Waals surface area contributed by atoms with Gasteiger partial charge in [0.05, 0.1) is 12.7 Å². The van der Waals surface area contributed by atoms with E-state index in [9.17, 15) is 4.79 Å². The van der Waals surface area contributed by atoms with Crippen molar-refractivity contribution in [3.63, 3.8) is 0 Å². The number of aldehydes is 1. The zero-order chi connectivity index (χ0) is 11.9. The molecule has 2 nitrogen and oxygen atoms in total. The van der Waals surface area contributed by atoms with E-state index in [2.05, 4.69) is 12.2 Å². The molecular weight excluding hydrogens is 212 g/mol. The molecule has 0 saturated heterocycles. The number of allylic oxidation sites excluding steroid dienone is 1. The predicted molar refractivity (Wildman–Crippen MR) is 68.3 cm³/mol. The molecule has 0 fully saturated rings. The maximum Gasteiger partial charge on any atom is 0.150 e.